The SMILES string of the molecule is CC1CN(CC(=O)c2cc(Cl)ccc2Cl)CC1C. The zero-order valence-electron chi connectivity index (χ0n) is 10.6. The second-order valence-electron chi connectivity index (χ2n) is 5.20. The Morgan fingerprint density at radius 2 is 1.89 bits per heavy atom. The molecule has 0 bridgehead atoms. The molecule has 0 aliphatic carbocycles. The first kappa shape index (κ1) is 13.9. The molecule has 1 aliphatic heterocycles. The topological polar surface area (TPSA) is 20.3 Å². The summed E-state index contributed by atoms with van der Waals surface area (Å²) < 4.78 is 0. The van der Waals surface area contributed by atoms with Gasteiger partial charge < -0.3 is 0 Å². The lowest BCUT2D eigenvalue weighted by Gasteiger charge is -2.14. The van der Waals surface area contributed by atoms with Crippen LogP contribution in [0.2, 0.25) is 10.0 Å². The van der Waals surface area contributed by atoms with E-state index in [0.717, 1.165) is 13.1 Å². The molecule has 2 unspecified atom stereocenters. The fourth-order valence-corrected chi connectivity index (χ4v) is 2.77. The lowest BCUT2D eigenvalue weighted by molar-refractivity contribution is 0.0943. The molecule has 2 atom stereocenters. The molecule has 1 aromatic carbocycles. The average molecular weight is 286 g/mol. The molecule has 1 aromatic rings. The third-order valence-corrected chi connectivity index (χ3v) is 4.22. The summed E-state index contributed by atoms with van der Waals surface area (Å²) in [6.07, 6.45) is 0. The second kappa shape index (κ2) is 5.60. The zero-order chi connectivity index (χ0) is 13.3. The van der Waals surface area contributed by atoms with E-state index in [4.69, 9.17) is 23.2 Å². The van der Waals surface area contributed by atoms with Crippen molar-refractivity contribution in [3.05, 3.63) is 33.8 Å². The van der Waals surface area contributed by atoms with E-state index in [1.807, 2.05) is 0 Å². The monoisotopic (exact) mass is 285 g/mol. The minimum absolute atomic E-state index is 0.0452. The van der Waals surface area contributed by atoms with Gasteiger partial charge >= 0.3 is 0 Å². The van der Waals surface area contributed by atoms with Crippen LogP contribution in [0.25, 0.3) is 0 Å². The fraction of sp³-hybridized carbons (Fsp3) is 0.500. The van der Waals surface area contributed by atoms with Gasteiger partial charge in [0.1, 0.15) is 0 Å². The predicted molar refractivity (Wildman–Crippen MR) is 75.6 cm³/mol. The zero-order valence-corrected chi connectivity index (χ0v) is 12.1. The van der Waals surface area contributed by atoms with Crippen molar-refractivity contribution in [3.63, 3.8) is 0 Å². The summed E-state index contributed by atoms with van der Waals surface area (Å²) in [5.74, 6) is 1.34. The van der Waals surface area contributed by atoms with Crippen molar-refractivity contribution in [2.75, 3.05) is 19.6 Å². The van der Waals surface area contributed by atoms with Crippen molar-refractivity contribution in [2.45, 2.75) is 13.8 Å². The normalized spacial score (nSPS) is 24.4. The van der Waals surface area contributed by atoms with Crippen LogP contribution in [0.1, 0.15) is 24.2 Å². The first-order valence-corrected chi connectivity index (χ1v) is 6.93. The minimum Gasteiger partial charge on any atom is -0.295 e. The van der Waals surface area contributed by atoms with E-state index >= 15 is 0 Å². The van der Waals surface area contributed by atoms with Gasteiger partial charge in [0.05, 0.1) is 11.6 Å². The summed E-state index contributed by atoms with van der Waals surface area (Å²) in [5.41, 5.74) is 0.524. The molecular formula is C14H17Cl2NO. The molecule has 0 N–H and O–H groups in total. The second-order valence-corrected chi connectivity index (χ2v) is 6.04. The molecule has 1 saturated heterocycles. The molecule has 0 saturated carbocycles. The Kier molecular flexibility index (Phi) is 4.31. The Balaban J connectivity index is 2.06. The van der Waals surface area contributed by atoms with Gasteiger partial charge in [-0.15, -0.1) is 0 Å². The van der Waals surface area contributed by atoms with Crippen LogP contribution in [0.4, 0.5) is 0 Å². The molecule has 18 heavy (non-hydrogen) atoms. The average Bonchev–Trinajstić information content (AvgIpc) is 2.61. The molecule has 1 aliphatic rings. The summed E-state index contributed by atoms with van der Waals surface area (Å²) in [5, 5.41) is 1.02. The smallest absolute Gasteiger partial charge is 0.178 e. The van der Waals surface area contributed by atoms with Crippen molar-refractivity contribution >= 4 is 29.0 Å². The Hall–Kier alpha value is -0.570. The highest BCUT2D eigenvalue weighted by molar-refractivity contribution is 6.36. The van der Waals surface area contributed by atoms with Gasteiger partial charge in [0.2, 0.25) is 0 Å². The van der Waals surface area contributed by atoms with Gasteiger partial charge in [-0.25, -0.2) is 0 Å². The van der Waals surface area contributed by atoms with Crippen LogP contribution >= 0.6 is 23.2 Å². The molecule has 1 fully saturated rings. The van der Waals surface area contributed by atoms with Crippen LogP contribution < -0.4 is 0 Å². The summed E-state index contributed by atoms with van der Waals surface area (Å²) in [6.45, 7) is 6.83. The van der Waals surface area contributed by atoms with E-state index in [9.17, 15) is 4.79 Å². The van der Waals surface area contributed by atoms with Gasteiger partial charge in [0.25, 0.3) is 0 Å². The van der Waals surface area contributed by atoms with Gasteiger partial charge in [0.15, 0.2) is 5.78 Å². The molecule has 1 heterocycles. The number of carbonyl (C=O) groups excluding carboxylic acids is 1. The van der Waals surface area contributed by atoms with E-state index in [2.05, 4.69) is 18.7 Å². The molecular weight excluding hydrogens is 269 g/mol. The van der Waals surface area contributed by atoms with Crippen LogP contribution in [0.15, 0.2) is 18.2 Å². The molecule has 2 rings (SSSR count). The largest absolute Gasteiger partial charge is 0.295 e. The predicted octanol–water partition coefficient (Wildman–Crippen LogP) is 3.76. The van der Waals surface area contributed by atoms with Gasteiger partial charge in [0, 0.05) is 23.7 Å². The number of hydrogen-bond donors (Lipinski definition) is 0. The first-order chi connectivity index (χ1) is 8.47. The van der Waals surface area contributed by atoms with Crippen molar-refractivity contribution in [1.29, 1.82) is 0 Å². The summed E-state index contributed by atoms with van der Waals surface area (Å²) >= 11 is 11.9. The Labute approximate surface area is 118 Å². The maximum atomic E-state index is 12.2. The Bertz CT molecular complexity index is 451. The number of carbonyl (C=O) groups is 1. The summed E-state index contributed by atoms with van der Waals surface area (Å²) in [4.78, 5) is 14.4. The quantitative estimate of drug-likeness (QED) is 0.788. The highest BCUT2D eigenvalue weighted by atomic mass is 35.5. The third kappa shape index (κ3) is 3.05. The highest BCUT2D eigenvalue weighted by Crippen LogP contribution is 2.24. The number of halogens is 2. The molecule has 4 heteroatoms. The Morgan fingerprint density at radius 3 is 2.50 bits per heavy atom. The maximum absolute atomic E-state index is 12.2. The van der Waals surface area contributed by atoms with E-state index < -0.39 is 0 Å². The van der Waals surface area contributed by atoms with Gasteiger partial charge in [-0.1, -0.05) is 37.0 Å². The molecule has 0 spiro atoms. The maximum Gasteiger partial charge on any atom is 0.178 e. The van der Waals surface area contributed by atoms with Crippen molar-refractivity contribution < 1.29 is 4.79 Å². The van der Waals surface area contributed by atoms with Crippen LogP contribution in [0.5, 0.6) is 0 Å². The number of benzene rings is 1. The van der Waals surface area contributed by atoms with Crippen molar-refractivity contribution in [3.8, 4) is 0 Å². The molecule has 0 aromatic heterocycles. The number of rotatable bonds is 3. The fourth-order valence-electron chi connectivity index (χ4n) is 2.38. The number of nitrogens with zero attached hydrogens (tertiary/aromatic N) is 1. The number of ketones is 1. The third-order valence-electron chi connectivity index (χ3n) is 3.66. The van der Waals surface area contributed by atoms with E-state index in [-0.39, 0.29) is 5.78 Å². The van der Waals surface area contributed by atoms with Gasteiger partial charge in [-0.3, -0.25) is 9.69 Å². The molecule has 98 valence electrons. The Morgan fingerprint density at radius 1 is 1.28 bits per heavy atom. The van der Waals surface area contributed by atoms with E-state index in [1.165, 1.54) is 0 Å². The number of likely N-dealkylation sites (tertiary alicyclic amines) is 1. The first-order valence-electron chi connectivity index (χ1n) is 6.18. The van der Waals surface area contributed by atoms with Gasteiger partial charge in [-0.2, -0.15) is 0 Å². The summed E-state index contributed by atoms with van der Waals surface area (Å²) in [7, 11) is 0. The van der Waals surface area contributed by atoms with E-state index in [1.54, 1.807) is 18.2 Å². The minimum atomic E-state index is 0.0452. The molecule has 0 amide bonds. The molecule has 0 radical (unpaired) electrons. The van der Waals surface area contributed by atoms with Crippen LogP contribution in [0, 0.1) is 11.8 Å². The number of hydrogen-bond acceptors (Lipinski definition) is 2. The molecule has 2 nitrogen and oxygen atoms in total. The summed E-state index contributed by atoms with van der Waals surface area (Å²) in [6, 6.07) is 5.02. The lowest BCUT2D eigenvalue weighted by Crippen LogP contribution is -2.28. The van der Waals surface area contributed by atoms with Crippen LogP contribution in [-0.2, 0) is 0 Å². The standard InChI is InChI=1S/C14H17Cl2NO/c1-9-6-17(7-10(9)2)8-14(18)12-5-11(15)3-4-13(12)16/h3-5,9-10H,6-8H2,1-2H3. The van der Waals surface area contributed by atoms with E-state index in [0.29, 0.717) is 34.0 Å². The van der Waals surface area contributed by atoms with Crippen molar-refractivity contribution in [1.82, 2.24) is 4.90 Å². The highest BCUT2D eigenvalue weighted by Gasteiger charge is 2.27. The number of Topliss-reactive ketones (excluding diaryl/α,β-unsaturated/α-hetero) is 1. The van der Waals surface area contributed by atoms with Crippen LogP contribution in [0.3, 0.4) is 0 Å². The van der Waals surface area contributed by atoms with Crippen molar-refractivity contribution in [2.24, 2.45) is 11.8 Å². The van der Waals surface area contributed by atoms with Crippen LogP contribution in [-0.4, -0.2) is 30.3 Å². The lowest BCUT2D eigenvalue weighted by atomic mass is 10.0. The van der Waals surface area contributed by atoms with Gasteiger partial charge in [-0.05, 0) is 30.0 Å².